The van der Waals surface area contributed by atoms with E-state index in [9.17, 15) is 0 Å². The van der Waals surface area contributed by atoms with Crippen molar-refractivity contribution in [3.8, 4) is 11.9 Å². The van der Waals surface area contributed by atoms with Gasteiger partial charge < -0.3 is 5.32 Å². The van der Waals surface area contributed by atoms with E-state index in [0.717, 1.165) is 23.0 Å². The summed E-state index contributed by atoms with van der Waals surface area (Å²) >= 11 is 1.59. The van der Waals surface area contributed by atoms with Crippen molar-refractivity contribution < 1.29 is 0 Å². The Hall–Kier alpha value is -2.17. The fourth-order valence-electron chi connectivity index (χ4n) is 2.26. The van der Waals surface area contributed by atoms with E-state index < -0.39 is 0 Å². The minimum Gasteiger partial charge on any atom is -0.308 e. The van der Waals surface area contributed by atoms with Gasteiger partial charge in [-0.3, -0.25) is 8.97 Å². The minimum absolute atomic E-state index is 0.364. The lowest BCUT2D eigenvalue weighted by Gasteiger charge is -2.06. The van der Waals surface area contributed by atoms with Gasteiger partial charge in [-0.1, -0.05) is 0 Å². The first-order valence-corrected chi connectivity index (χ1v) is 7.36. The van der Waals surface area contributed by atoms with Crippen LogP contribution < -0.4 is 5.32 Å². The van der Waals surface area contributed by atoms with Crippen LogP contribution >= 0.6 is 11.3 Å². The molecule has 3 heterocycles. The SMILES string of the molecule is N#Cc1nccn1-c1nc2sccn2c1CNC1CC1. The number of imidazole rings is 2. The molecule has 1 aliphatic rings. The third kappa shape index (κ3) is 1.81. The molecule has 3 aromatic heterocycles. The van der Waals surface area contributed by atoms with Gasteiger partial charge in [0, 0.05) is 36.6 Å². The van der Waals surface area contributed by atoms with Crippen LogP contribution in [0.3, 0.4) is 0 Å². The first-order chi connectivity index (χ1) is 9.86. The van der Waals surface area contributed by atoms with Crippen LogP contribution in [0.25, 0.3) is 10.8 Å². The Morgan fingerprint density at radius 1 is 1.45 bits per heavy atom. The molecule has 1 aliphatic carbocycles. The van der Waals surface area contributed by atoms with Gasteiger partial charge in [0.1, 0.15) is 6.07 Å². The molecule has 0 aromatic carbocycles. The molecule has 0 spiro atoms. The highest BCUT2D eigenvalue weighted by molar-refractivity contribution is 7.15. The van der Waals surface area contributed by atoms with Crippen molar-refractivity contribution in [2.45, 2.75) is 25.4 Å². The van der Waals surface area contributed by atoms with Crippen LogP contribution in [0.1, 0.15) is 24.4 Å². The Morgan fingerprint density at radius 3 is 3.15 bits per heavy atom. The van der Waals surface area contributed by atoms with Crippen LogP contribution in [-0.4, -0.2) is 25.0 Å². The van der Waals surface area contributed by atoms with E-state index in [4.69, 9.17) is 5.26 Å². The molecule has 0 aliphatic heterocycles. The zero-order chi connectivity index (χ0) is 13.5. The second kappa shape index (κ2) is 4.44. The lowest BCUT2D eigenvalue weighted by molar-refractivity contribution is 0.667. The summed E-state index contributed by atoms with van der Waals surface area (Å²) in [6, 6.07) is 2.73. The van der Waals surface area contributed by atoms with E-state index in [2.05, 4.69) is 25.8 Å². The van der Waals surface area contributed by atoms with E-state index >= 15 is 0 Å². The molecule has 0 amide bonds. The summed E-state index contributed by atoms with van der Waals surface area (Å²) in [6.07, 6.45) is 7.92. The highest BCUT2D eigenvalue weighted by atomic mass is 32.1. The third-order valence-electron chi connectivity index (χ3n) is 3.44. The van der Waals surface area contributed by atoms with Crippen LogP contribution in [0.5, 0.6) is 0 Å². The summed E-state index contributed by atoms with van der Waals surface area (Å²) in [7, 11) is 0. The van der Waals surface area contributed by atoms with Gasteiger partial charge >= 0.3 is 0 Å². The highest BCUT2D eigenvalue weighted by Crippen LogP contribution is 2.24. The summed E-state index contributed by atoms with van der Waals surface area (Å²) in [5.41, 5.74) is 1.07. The molecular weight excluding hydrogens is 272 g/mol. The van der Waals surface area contributed by atoms with Crippen LogP contribution in [0.2, 0.25) is 0 Å². The number of nitrogens with zero attached hydrogens (tertiary/aromatic N) is 5. The predicted molar refractivity (Wildman–Crippen MR) is 74.8 cm³/mol. The molecule has 0 atom stereocenters. The maximum atomic E-state index is 9.13. The van der Waals surface area contributed by atoms with E-state index in [0.29, 0.717) is 11.9 Å². The van der Waals surface area contributed by atoms with Gasteiger partial charge in [-0.25, -0.2) is 9.97 Å². The fraction of sp³-hybridized carbons (Fsp3) is 0.308. The van der Waals surface area contributed by atoms with Crippen LogP contribution in [0, 0.1) is 11.3 Å². The van der Waals surface area contributed by atoms with Crippen molar-refractivity contribution in [1.82, 2.24) is 24.3 Å². The molecule has 6 nitrogen and oxygen atoms in total. The van der Waals surface area contributed by atoms with Crippen molar-refractivity contribution in [3.63, 3.8) is 0 Å². The van der Waals surface area contributed by atoms with Crippen LogP contribution in [0.15, 0.2) is 24.0 Å². The molecule has 4 rings (SSSR count). The van der Waals surface area contributed by atoms with Gasteiger partial charge in [-0.05, 0) is 12.8 Å². The molecular formula is C13H12N6S. The zero-order valence-electron chi connectivity index (χ0n) is 10.7. The normalized spacial score (nSPS) is 14.8. The topological polar surface area (TPSA) is 70.9 Å². The number of fused-ring (bicyclic) bond motifs is 1. The van der Waals surface area contributed by atoms with E-state index in [1.807, 2.05) is 11.6 Å². The average Bonchev–Trinajstić information content (AvgIpc) is 2.89. The molecule has 0 unspecified atom stereocenters. The largest absolute Gasteiger partial charge is 0.308 e. The Labute approximate surface area is 119 Å². The third-order valence-corrected chi connectivity index (χ3v) is 4.20. The predicted octanol–water partition coefficient (Wildman–Crippen LogP) is 1.71. The number of thiazole rings is 1. The maximum Gasteiger partial charge on any atom is 0.218 e. The number of hydrogen-bond acceptors (Lipinski definition) is 5. The number of nitrogens with one attached hydrogen (secondary N) is 1. The van der Waals surface area contributed by atoms with Gasteiger partial charge in [0.05, 0.1) is 5.69 Å². The van der Waals surface area contributed by atoms with Gasteiger partial charge in [-0.15, -0.1) is 11.3 Å². The molecule has 100 valence electrons. The Bertz CT molecular complexity index is 800. The monoisotopic (exact) mass is 284 g/mol. The molecule has 0 bridgehead atoms. The average molecular weight is 284 g/mol. The van der Waals surface area contributed by atoms with Crippen molar-refractivity contribution in [1.29, 1.82) is 5.26 Å². The number of rotatable bonds is 4. The van der Waals surface area contributed by atoms with Crippen molar-refractivity contribution in [2.75, 3.05) is 0 Å². The molecule has 1 saturated carbocycles. The van der Waals surface area contributed by atoms with Gasteiger partial charge in [0.2, 0.25) is 5.82 Å². The number of nitriles is 1. The van der Waals surface area contributed by atoms with Gasteiger partial charge in [-0.2, -0.15) is 5.26 Å². The smallest absolute Gasteiger partial charge is 0.218 e. The summed E-state index contributed by atoms with van der Waals surface area (Å²) in [4.78, 5) is 9.62. The molecule has 1 fully saturated rings. The zero-order valence-corrected chi connectivity index (χ0v) is 11.5. The van der Waals surface area contributed by atoms with Crippen LogP contribution in [-0.2, 0) is 6.54 Å². The Morgan fingerprint density at radius 2 is 2.35 bits per heavy atom. The first-order valence-electron chi connectivity index (χ1n) is 6.48. The Balaban J connectivity index is 1.82. The van der Waals surface area contributed by atoms with E-state index in [1.54, 1.807) is 28.3 Å². The second-order valence-corrected chi connectivity index (χ2v) is 5.70. The molecule has 0 saturated heterocycles. The standard InChI is InChI=1S/C13H12N6S/c14-7-11-15-3-4-19(11)12-10(8-16-9-1-2-9)18-5-6-20-13(18)17-12/h3-6,9,16H,1-2,8H2. The lowest BCUT2D eigenvalue weighted by Crippen LogP contribution is -2.18. The minimum atomic E-state index is 0.364. The number of aromatic nitrogens is 4. The lowest BCUT2D eigenvalue weighted by atomic mass is 10.4. The van der Waals surface area contributed by atoms with Gasteiger partial charge in [0.15, 0.2) is 10.8 Å². The molecule has 7 heteroatoms. The Kier molecular flexibility index (Phi) is 2.58. The summed E-state index contributed by atoms with van der Waals surface area (Å²) < 4.78 is 3.83. The highest BCUT2D eigenvalue weighted by Gasteiger charge is 2.23. The number of hydrogen-bond donors (Lipinski definition) is 1. The fourth-order valence-corrected chi connectivity index (χ4v) is 2.99. The van der Waals surface area contributed by atoms with Crippen molar-refractivity contribution in [2.24, 2.45) is 0 Å². The van der Waals surface area contributed by atoms with Gasteiger partial charge in [0.25, 0.3) is 0 Å². The molecule has 20 heavy (non-hydrogen) atoms. The maximum absolute atomic E-state index is 9.13. The quantitative estimate of drug-likeness (QED) is 0.791. The van der Waals surface area contributed by atoms with E-state index in [1.165, 1.54) is 12.8 Å². The first kappa shape index (κ1) is 11.6. The van der Waals surface area contributed by atoms with Crippen molar-refractivity contribution in [3.05, 3.63) is 35.5 Å². The van der Waals surface area contributed by atoms with Crippen molar-refractivity contribution >= 4 is 16.3 Å². The molecule has 1 N–H and O–H groups in total. The molecule has 0 radical (unpaired) electrons. The summed E-state index contributed by atoms with van der Waals surface area (Å²) in [6.45, 7) is 0.751. The molecule has 3 aromatic rings. The second-order valence-electron chi connectivity index (χ2n) is 4.83. The van der Waals surface area contributed by atoms with E-state index in [-0.39, 0.29) is 0 Å². The summed E-state index contributed by atoms with van der Waals surface area (Å²) in [5.74, 6) is 1.16. The summed E-state index contributed by atoms with van der Waals surface area (Å²) in [5, 5.41) is 14.7. The van der Waals surface area contributed by atoms with Crippen LogP contribution in [0.4, 0.5) is 0 Å².